The largest absolute Gasteiger partial charge is 0.497 e. The van der Waals surface area contributed by atoms with Gasteiger partial charge in [0.15, 0.2) is 11.5 Å². The summed E-state index contributed by atoms with van der Waals surface area (Å²) >= 11 is 0. The lowest BCUT2D eigenvalue weighted by atomic mass is 10.1. The van der Waals surface area contributed by atoms with Gasteiger partial charge in [0.25, 0.3) is 0 Å². The molecule has 6 heteroatoms. The van der Waals surface area contributed by atoms with E-state index in [1.807, 2.05) is 36.4 Å². The van der Waals surface area contributed by atoms with E-state index in [1.165, 1.54) is 5.69 Å². The molecule has 0 aliphatic carbocycles. The van der Waals surface area contributed by atoms with Crippen molar-refractivity contribution >= 4 is 5.69 Å². The van der Waals surface area contributed by atoms with Gasteiger partial charge < -0.3 is 24.2 Å². The molecule has 28 heavy (non-hydrogen) atoms. The first-order valence-electron chi connectivity index (χ1n) is 9.61. The lowest BCUT2D eigenvalue weighted by Crippen LogP contribution is -2.47. The van der Waals surface area contributed by atoms with Crippen LogP contribution in [0.1, 0.15) is 11.7 Å². The third-order valence-electron chi connectivity index (χ3n) is 5.20. The fraction of sp³-hybridized carbons (Fsp3) is 0.364. The molecular formula is C22H26N2O4. The minimum Gasteiger partial charge on any atom is -0.497 e. The standard InChI is InChI=1S/C22H26N2O4/c1-26-19-5-2-4-18(15-19)24-10-8-23(9-11-24)16-20(25)17-6-7-21-22(14-17)28-13-3-12-27-21/h2-7,13-15,20,25H,8-12,16H2,1H3. The van der Waals surface area contributed by atoms with E-state index in [4.69, 9.17) is 14.2 Å². The van der Waals surface area contributed by atoms with Gasteiger partial charge in [0.2, 0.25) is 0 Å². The Bertz CT molecular complexity index is 831. The molecule has 0 aromatic heterocycles. The van der Waals surface area contributed by atoms with Crippen molar-refractivity contribution < 1.29 is 19.3 Å². The Balaban J connectivity index is 1.34. The molecule has 1 N–H and O–H groups in total. The monoisotopic (exact) mass is 382 g/mol. The molecule has 2 aromatic rings. The molecule has 0 bridgehead atoms. The van der Waals surface area contributed by atoms with Crippen LogP contribution in [0.4, 0.5) is 5.69 Å². The van der Waals surface area contributed by atoms with Crippen molar-refractivity contribution in [3.8, 4) is 17.2 Å². The normalized spacial score (nSPS) is 17.9. The minimum atomic E-state index is -0.565. The zero-order valence-corrected chi connectivity index (χ0v) is 16.1. The fourth-order valence-electron chi connectivity index (χ4n) is 3.59. The maximum Gasteiger partial charge on any atom is 0.168 e. The van der Waals surface area contributed by atoms with Crippen molar-refractivity contribution in [2.45, 2.75) is 6.10 Å². The van der Waals surface area contributed by atoms with Crippen LogP contribution < -0.4 is 19.1 Å². The fourth-order valence-corrected chi connectivity index (χ4v) is 3.59. The number of anilines is 1. The van der Waals surface area contributed by atoms with Gasteiger partial charge in [-0.1, -0.05) is 12.1 Å². The van der Waals surface area contributed by atoms with Crippen molar-refractivity contribution in [3.05, 3.63) is 60.4 Å². The molecule has 0 radical (unpaired) electrons. The summed E-state index contributed by atoms with van der Waals surface area (Å²) in [4.78, 5) is 4.65. The zero-order chi connectivity index (χ0) is 19.3. The van der Waals surface area contributed by atoms with Gasteiger partial charge in [-0.2, -0.15) is 0 Å². The number of benzene rings is 2. The van der Waals surface area contributed by atoms with E-state index < -0.39 is 6.10 Å². The van der Waals surface area contributed by atoms with Gasteiger partial charge in [0.1, 0.15) is 12.4 Å². The number of ether oxygens (including phenoxy) is 3. The first-order chi connectivity index (χ1) is 13.7. The second-order valence-corrected chi connectivity index (χ2v) is 7.01. The van der Waals surface area contributed by atoms with E-state index in [2.05, 4.69) is 21.9 Å². The van der Waals surface area contributed by atoms with Gasteiger partial charge >= 0.3 is 0 Å². The molecule has 2 aliphatic heterocycles. The van der Waals surface area contributed by atoms with E-state index in [-0.39, 0.29) is 0 Å². The first-order valence-corrected chi connectivity index (χ1v) is 9.61. The molecule has 1 unspecified atom stereocenters. The van der Waals surface area contributed by atoms with Crippen LogP contribution in [0.15, 0.2) is 54.8 Å². The highest BCUT2D eigenvalue weighted by molar-refractivity contribution is 5.51. The Morgan fingerprint density at radius 3 is 2.75 bits per heavy atom. The summed E-state index contributed by atoms with van der Waals surface area (Å²) in [7, 11) is 1.69. The van der Waals surface area contributed by atoms with Gasteiger partial charge in [0, 0.05) is 44.5 Å². The molecule has 0 saturated carbocycles. The van der Waals surface area contributed by atoms with Crippen LogP contribution in [0, 0.1) is 0 Å². The molecule has 0 amide bonds. The highest BCUT2D eigenvalue weighted by atomic mass is 16.5. The molecule has 6 nitrogen and oxygen atoms in total. The van der Waals surface area contributed by atoms with E-state index in [1.54, 1.807) is 13.4 Å². The molecular weight excluding hydrogens is 356 g/mol. The molecule has 1 atom stereocenters. The van der Waals surface area contributed by atoms with Gasteiger partial charge in [0.05, 0.1) is 19.5 Å². The number of methoxy groups -OCH3 is 1. The SMILES string of the molecule is COc1cccc(N2CCN(CC(O)c3ccc4c(c3)OC=CCO4)CC2)c1. The van der Waals surface area contributed by atoms with Crippen molar-refractivity contribution in [3.63, 3.8) is 0 Å². The van der Waals surface area contributed by atoms with Gasteiger partial charge in [-0.3, -0.25) is 4.90 Å². The van der Waals surface area contributed by atoms with Crippen LogP contribution in [0.2, 0.25) is 0 Å². The van der Waals surface area contributed by atoms with Crippen molar-refractivity contribution in [2.75, 3.05) is 51.3 Å². The Hall–Kier alpha value is -2.70. The van der Waals surface area contributed by atoms with Crippen LogP contribution in [0.3, 0.4) is 0 Å². The Kier molecular flexibility index (Phi) is 5.69. The zero-order valence-electron chi connectivity index (χ0n) is 16.1. The molecule has 1 saturated heterocycles. The van der Waals surface area contributed by atoms with Crippen LogP contribution in [0.5, 0.6) is 17.2 Å². The third-order valence-corrected chi connectivity index (χ3v) is 5.20. The number of hydrogen-bond donors (Lipinski definition) is 1. The predicted molar refractivity (Wildman–Crippen MR) is 108 cm³/mol. The summed E-state index contributed by atoms with van der Waals surface area (Å²) in [6.45, 7) is 4.74. The van der Waals surface area contributed by atoms with E-state index in [0.717, 1.165) is 37.5 Å². The van der Waals surface area contributed by atoms with Crippen LogP contribution >= 0.6 is 0 Å². The smallest absolute Gasteiger partial charge is 0.168 e. The molecule has 4 rings (SSSR count). The van der Waals surface area contributed by atoms with E-state index >= 15 is 0 Å². The summed E-state index contributed by atoms with van der Waals surface area (Å²) in [6, 6.07) is 13.8. The van der Waals surface area contributed by atoms with Crippen LogP contribution in [-0.4, -0.2) is 56.4 Å². The highest BCUT2D eigenvalue weighted by Crippen LogP contribution is 2.32. The maximum atomic E-state index is 10.7. The quantitative estimate of drug-likeness (QED) is 0.858. The summed E-state index contributed by atoms with van der Waals surface area (Å²) in [5.41, 5.74) is 2.02. The van der Waals surface area contributed by atoms with Gasteiger partial charge in [-0.25, -0.2) is 0 Å². The molecule has 2 heterocycles. The summed E-state index contributed by atoms with van der Waals surface area (Å²) in [6.07, 6.45) is 2.88. The number of rotatable bonds is 5. The molecule has 1 fully saturated rings. The Morgan fingerprint density at radius 2 is 1.93 bits per heavy atom. The average Bonchev–Trinajstić information content (AvgIpc) is 2.99. The third kappa shape index (κ3) is 4.24. The number of aliphatic hydroxyl groups is 1. The number of nitrogens with zero attached hydrogens (tertiary/aromatic N) is 2. The van der Waals surface area contributed by atoms with E-state index in [0.29, 0.717) is 24.7 Å². The lowest BCUT2D eigenvalue weighted by molar-refractivity contribution is 0.109. The number of fused-ring (bicyclic) bond motifs is 1. The minimum absolute atomic E-state index is 0.493. The number of β-amino-alcohol motifs (C(OH)–C–C–N with tert-alkyl or cyclic N) is 1. The summed E-state index contributed by atoms with van der Waals surface area (Å²) < 4.78 is 16.5. The molecule has 148 valence electrons. The Labute approximate surface area is 165 Å². The average molecular weight is 382 g/mol. The molecule has 2 aliphatic rings. The number of hydrogen-bond acceptors (Lipinski definition) is 6. The van der Waals surface area contributed by atoms with Crippen LogP contribution in [-0.2, 0) is 0 Å². The maximum absolute atomic E-state index is 10.7. The Morgan fingerprint density at radius 1 is 1.07 bits per heavy atom. The van der Waals surface area contributed by atoms with Crippen molar-refractivity contribution in [2.24, 2.45) is 0 Å². The van der Waals surface area contributed by atoms with Gasteiger partial charge in [-0.15, -0.1) is 0 Å². The summed E-state index contributed by atoms with van der Waals surface area (Å²) in [5.74, 6) is 2.22. The summed E-state index contributed by atoms with van der Waals surface area (Å²) in [5, 5.41) is 10.7. The second kappa shape index (κ2) is 8.54. The lowest BCUT2D eigenvalue weighted by Gasteiger charge is -2.37. The van der Waals surface area contributed by atoms with Crippen molar-refractivity contribution in [1.82, 2.24) is 4.90 Å². The number of piperazine rings is 1. The number of aliphatic hydroxyl groups excluding tert-OH is 1. The topological polar surface area (TPSA) is 54.4 Å². The second-order valence-electron chi connectivity index (χ2n) is 7.01. The highest BCUT2D eigenvalue weighted by Gasteiger charge is 2.21. The molecule has 0 spiro atoms. The van der Waals surface area contributed by atoms with Crippen LogP contribution in [0.25, 0.3) is 0 Å². The van der Waals surface area contributed by atoms with Crippen molar-refractivity contribution in [1.29, 1.82) is 0 Å². The first kappa shape index (κ1) is 18.7. The molecule has 2 aromatic carbocycles. The van der Waals surface area contributed by atoms with E-state index in [9.17, 15) is 5.11 Å². The van der Waals surface area contributed by atoms with Gasteiger partial charge in [-0.05, 0) is 35.9 Å². The predicted octanol–water partition coefficient (Wildman–Crippen LogP) is 2.84.